The lowest BCUT2D eigenvalue weighted by molar-refractivity contribution is -0.134. The van der Waals surface area contributed by atoms with Crippen molar-refractivity contribution in [3.05, 3.63) is 60.2 Å². The Morgan fingerprint density at radius 3 is 1.97 bits per heavy atom. The van der Waals surface area contributed by atoms with Gasteiger partial charge in [-0.2, -0.15) is 0 Å². The van der Waals surface area contributed by atoms with Gasteiger partial charge in [-0.25, -0.2) is 4.79 Å². The van der Waals surface area contributed by atoms with Crippen LogP contribution in [-0.4, -0.2) is 36.9 Å². The second-order valence-electron chi connectivity index (χ2n) is 8.83. The van der Waals surface area contributed by atoms with Crippen LogP contribution >= 0.6 is 0 Å². The molecule has 0 unspecified atom stereocenters. The van der Waals surface area contributed by atoms with Crippen LogP contribution in [-0.2, 0) is 19.1 Å². The smallest absolute Gasteiger partial charge is 0.342 e. The SMILES string of the molecule is CC/C=C/CCC(=O)NCCCOC(=O)c1cc(NC(=O)CC/C=C/CC)ccc1OC(=O)CC/C=C/CC. The van der Waals surface area contributed by atoms with E-state index in [0.717, 1.165) is 19.3 Å². The first-order valence-corrected chi connectivity index (χ1v) is 13.9. The summed E-state index contributed by atoms with van der Waals surface area (Å²) in [5.74, 6) is -1.33. The molecule has 0 aliphatic carbocycles. The van der Waals surface area contributed by atoms with Crippen LogP contribution in [0, 0.1) is 0 Å². The van der Waals surface area contributed by atoms with Gasteiger partial charge in [0, 0.05) is 31.5 Å². The fraction of sp³-hybridized carbons (Fsp3) is 0.484. The molecule has 1 rings (SSSR count). The first kappa shape index (κ1) is 33.3. The number of hydrogen-bond acceptors (Lipinski definition) is 6. The maximum absolute atomic E-state index is 12.9. The Balaban J connectivity index is 2.76. The molecule has 0 aromatic heterocycles. The van der Waals surface area contributed by atoms with Crippen LogP contribution in [0.4, 0.5) is 5.69 Å². The van der Waals surface area contributed by atoms with Crippen LogP contribution in [0.15, 0.2) is 54.7 Å². The molecule has 0 saturated heterocycles. The van der Waals surface area contributed by atoms with E-state index < -0.39 is 11.9 Å². The van der Waals surface area contributed by atoms with E-state index in [0.29, 0.717) is 50.8 Å². The van der Waals surface area contributed by atoms with Crippen LogP contribution in [0.1, 0.15) is 95.3 Å². The topological polar surface area (TPSA) is 111 Å². The number of ether oxygens (including phenoxy) is 2. The van der Waals surface area contributed by atoms with E-state index in [9.17, 15) is 19.2 Å². The van der Waals surface area contributed by atoms with Gasteiger partial charge >= 0.3 is 11.9 Å². The number of carbonyl (C=O) groups is 4. The average Bonchev–Trinajstić information content (AvgIpc) is 2.92. The molecule has 214 valence electrons. The second-order valence-corrected chi connectivity index (χ2v) is 8.83. The Hall–Kier alpha value is -3.68. The zero-order valence-electron chi connectivity index (χ0n) is 23.6. The van der Waals surface area contributed by atoms with Crippen LogP contribution in [0.2, 0.25) is 0 Å². The van der Waals surface area contributed by atoms with E-state index in [-0.39, 0.29) is 36.2 Å². The third-order valence-electron chi connectivity index (χ3n) is 5.38. The summed E-state index contributed by atoms with van der Waals surface area (Å²) in [6.07, 6.45) is 17.7. The van der Waals surface area contributed by atoms with Crippen molar-refractivity contribution in [2.75, 3.05) is 18.5 Å². The monoisotopic (exact) mass is 540 g/mol. The molecule has 0 bridgehead atoms. The Morgan fingerprint density at radius 1 is 0.769 bits per heavy atom. The van der Waals surface area contributed by atoms with Gasteiger partial charge in [-0.1, -0.05) is 57.2 Å². The van der Waals surface area contributed by atoms with Gasteiger partial charge in [0.25, 0.3) is 0 Å². The third kappa shape index (κ3) is 16.0. The van der Waals surface area contributed by atoms with Gasteiger partial charge in [-0.3, -0.25) is 14.4 Å². The van der Waals surface area contributed by atoms with Crippen molar-refractivity contribution in [1.29, 1.82) is 0 Å². The molecule has 1 aromatic carbocycles. The fourth-order valence-electron chi connectivity index (χ4n) is 3.37. The van der Waals surface area contributed by atoms with Crippen molar-refractivity contribution >= 4 is 29.4 Å². The average molecular weight is 541 g/mol. The van der Waals surface area contributed by atoms with Gasteiger partial charge in [0.2, 0.25) is 11.8 Å². The highest BCUT2D eigenvalue weighted by Gasteiger charge is 2.18. The van der Waals surface area contributed by atoms with Crippen molar-refractivity contribution in [2.45, 2.75) is 85.0 Å². The van der Waals surface area contributed by atoms with Crippen LogP contribution in [0.3, 0.4) is 0 Å². The van der Waals surface area contributed by atoms with Gasteiger partial charge in [0.05, 0.1) is 6.61 Å². The van der Waals surface area contributed by atoms with Gasteiger partial charge in [-0.05, 0) is 63.1 Å². The van der Waals surface area contributed by atoms with Crippen molar-refractivity contribution in [1.82, 2.24) is 5.32 Å². The molecule has 0 fully saturated rings. The molecule has 8 heteroatoms. The number of benzene rings is 1. The minimum absolute atomic E-state index is 0.0443. The van der Waals surface area contributed by atoms with Crippen molar-refractivity contribution in [3.63, 3.8) is 0 Å². The first-order valence-electron chi connectivity index (χ1n) is 13.9. The molecule has 0 radical (unpaired) electrons. The van der Waals surface area contributed by atoms with Gasteiger partial charge in [0.15, 0.2) is 0 Å². The summed E-state index contributed by atoms with van der Waals surface area (Å²) in [6, 6.07) is 4.52. The fourth-order valence-corrected chi connectivity index (χ4v) is 3.37. The molecule has 8 nitrogen and oxygen atoms in total. The number of anilines is 1. The third-order valence-corrected chi connectivity index (χ3v) is 5.38. The minimum atomic E-state index is -0.679. The summed E-state index contributed by atoms with van der Waals surface area (Å²) in [5, 5.41) is 5.58. The van der Waals surface area contributed by atoms with Gasteiger partial charge < -0.3 is 20.1 Å². The molecule has 0 aliphatic rings. The summed E-state index contributed by atoms with van der Waals surface area (Å²) in [5.41, 5.74) is 0.448. The maximum Gasteiger partial charge on any atom is 0.342 e. The lowest BCUT2D eigenvalue weighted by Gasteiger charge is -2.13. The summed E-state index contributed by atoms with van der Waals surface area (Å²) < 4.78 is 10.8. The number of esters is 2. The van der Waals surface area contributed by atoms with E-state index in [2.05, 4.69) is 10.6 Å². The highest BCUT2D eigenvalue weighted by atomic mass is 16.5. The van der Waals surface area contributed by atoms with Crippen LogP contribution < -0.4 is 15.4 Å². The standard InChI is InChI=1S/C31H44N2O6/c1-4-7-10-13-17-28(34)32-22-16-23-38-31(37)26-24-25(33-29(35)18-14-11-8-5-2)20-21-27(26)39-30(36)19-15-12-9-6-3/h7-12,20-21,24H,4-6,13-19,22-23H2,1-3H3,(H,32,34)(H,33,35)/b10-7+,11-8+,12-9+. The number of carbonyl (C=O) groups excluding carboxylic acids is 4. The minimum Gasteiger partial charge on any atom is -0.462 e. The zero-order valence-corrected chi connectivity index (χ0v) is 23.6. The quantitative estimate of drug-likeness (QED) is 0.0905. The maximum atomic E-state index is 12.9. The molecule has 0 saturated carbocycles. The van der Waals surface area contributed by atoms with E-state index >= 15 is 0 Å². The Bertz CT molecular complexity index is 997. The van der Waals surface area contributed by atoms with E-state index in [1.807, 2.05) is 57.2 Å². The van der Waals surface area contributed by atoms with Gasteiger partial charge in [-0.15, -0.1) is 0 Å². The largest absolute Gasteiger partial charge is 0.462 e. The number of rotatable bonds is 19. The predicted molar refractivity (Wildman–Crippen MR) is 155 cm³/mol. The van der Waals surface area contributed by atoms with Crippen LogP contribution in [0.25, 0.3) is 0 Å². The van der Waals surface area contributed by atoms with E-state index in [1.54, 1.807) is 6.07 Å². The lowest BCUT2D eigenvalue weighted by atomic mass is 10.1. The van der Waals surface area contributed by atoms with E-state index in [4.69, 9.17) is 9.47 Å². The number of amides is 2. The molecule has 0 aliphatic heterocycles. The normalized spacial score (nSPS) is 11.3. The Kier molecular flexibility index (Phi) is 18.2. The number of allylic oxidation sites excluding steroid dienone is 6. The van der Waals surface area contributed by atoms with Gasteiger partial charge in [0.1, 0.15) is 11.3 Å². The van der Waals surface area contributed by atoms with Crippen molar-refractivity contribution in [2.24, 2.45) is 0 Å². The molecule has 0 atom stereocenters. The molecule has 1 aromatic rings. The predicted octanol–water partition coefficient (Wildman–Crippen LogP) is 6.43. The molecular formula is C31H44N2O6. The molecular weight excluding hydrogens is 496 g/mol. The number of hydrogen-bond donors (Lipinski definition) is 2. The molecule has 39 heavy (non-hydrogen) atoms. The molecule has 2 amide bonds. The summed E-state index contributed by atoms with van der Waals surface area (Å²) in [7, 11) is 0. The first-order chi connectivity index (χ1) is 18.9. The van der Waals surface area contributed by atoms with Crippen molar-refractivity contribution in [3.8, 4) is 5.75 Å². The Morgan fingerprint density at radius 2 is 1.36 bits per heavy atom. The summed E-state index contributed by atoms with van der Waals surface area (Å²) in [6.45, 7) is 6.52. The molecule has 0 heterocycles. The molecule has 0 spiro atoms. The second kappa shape index (κ2) is 21.3. The summed E-state index contributed by atoms with van der Waals surface area (Å²) >= 11 is 0. The highest BCUT2D eigenvalue weighted by molar-refractivity contribution is 5.97. The highest BCUT2D eigenvalue weighted by Crippen LogP contribution is 2.25. The van der Waals surface area contributed by atoms with Crippen LogP contribution in [0.5, 0.6) is 5.75 Å². The Labute approximate surface area is 232 Å². The number of nitrogens with one attached hydrogen (secondary N) is 2. The summed E-state index contributed by atoms with van der Waals surface area (Å²) in [4.78, 5) is 49.4. The lowest BCUT2D eigenvalue weighted by Crippen LogP contribution is -2.25. The van der Waals surface area contributed by atoms with Crippen molar-refractivity contribution < 1.29 is 28.7 Å². The van der Waals surface area contributed by atoms with E-state index in [1.165, 1.54) is 12.1 Å². The zero-order chi connectivity index (χ0) is 28.7. The molecule has 2 N–H and O–H groups in total.